The van der Waals surface area contributed by atoms with Crippen LogP contribution in [0.15, 0.2) is 0 Å². The smallest absolute Gasteiger partial charge is 0.317 e. The molecule has 1 unspecified atom stereocenters. The first-order chi connectivity index (χ1) is 9.08. The number of nitrogens with zero attached hydrogens (tertiary/aromatic N) is 1. The lowest BCUT2D eigenvalue weighted by Gasteiger charge is -2.35. The van der Waals surface area contributed by atoms with Gasteiger partial charge in [-0.2, -0.15) is 0 Å². The van der Waals surface area contributed by atoms with Gasteiger partial charge in [-0.05, 0) is 31.6 Å². The van der Waals surface area contributed by atoms with Gasteiger partial charge < -0.3 is 20.1 Å². The molecule has 0 aromatic heterocycles. The van der Waals surface area contributed by atoms with E-state index < -0.39 is 5.97 Å². The van der Waals surface area contributed by atoms with Crippen molar-refractivity contribution in [3.05, 3.63) is 0 Å². The van der Waals surface area contributed by atoms with Crippen LogP contribution in [-0.4, -0.2) is 54.4 Å². The summed E-state index contributed by atoms with van der Waals surface area (Å²) < 4.78 is 5.17. The normalized spacial score (nSPS) is 29.9. The second-order valence-electron chi connectivity index (χ2n) is 5.51. The number of carboxylic acid groups (broad SMARTS) is 1. The minimum Gasteiger partial charge on any atom is -0.481 e. The lowest BCUT2D eigenvalue weighted by Crippen LogP contribution is -2.51. The van der Waals surface area contributed by atoms with Crippen molar-refractivity contribution in [2.75, 3.05) is 20.2 Å². The summed E-state index contributed by atoms with van der Waals surface area (Å²) >= 11 is 0. The quantitative estimate of drug-likeness (QED) is 0.783. The molecule has 1 aliphatic carbocycles. The molecular formula is C13H22N2O4. The van der Waals surface area contributed by atoms with Crippen LogP contribution < -0.4 is 5.32 Å². The maximum absolute atomic E-state index is 12.0. The number of hydrogen-bond donors (Lipinski definition) is 2. The molecule has 0 aromatic rings. The van der Waals surface area contributed by atoms with Gasteiger partial charge in [-0.1, -0.05) is 0 Å². The topological polar surface area (TPSA) is 78.9 Å². The number of likely N-dealkylation sites (tertiary alicyclic amines) is 1. The van der Waals surface area contributed by atoms with Crippen LogP contribution >= 0.6 is 0 Å². The molecule has 6 nitrogen and oxygen atoms in total. The lowest BCUT2D eigenvalue weighted by molar-refractivity contribution is -0.137. The first-order valence-corrected chi connectivity index (χ1v) is 6.88. The van der Waals surface area contributed by atoms with Gasteiger partial charge in [0.1, 0.15) is 0 Å². The number of amides is 2. The summed E-state index contributed by atoms with van der Waals surface area (Å²) in [5.74, 6) is -0.432. The van der Waals surface area contributed by atoms with E-state index >= 15 is 0 Å². The Morgan fingerprint density at radius 2 is 2.16 bits per heavy atom. The molecule has 0 bridgehead atoms. The van der Waals surface area contributed by atoms with Crippen LogP contribution in [0, 0.1) is 5.92 Å². The van der Waals surface area contributed by atoms with E-state index in [4.69, 9.17) is 9.84 Å². The van der Waals surface area contributed by atoms with Gasteiger partial charge in [0.05, 0.1) is 6.10 Å². The van der Waals surface area contributed by atoms with Crippen LogP contribution in [0.4, 0.5) is 4.79 Å². The summed E-state index contributed by atoms with van der Waals surface area (Å²) in [6.07, 6.45) is 3.82. The number of carbonyl (C=O) groups is 2. The molecule has 19 heavy (non-hydrogen) atoms. The summed E-state index contributed by atoms with van der Waals surface area (Å²) in [7, 11) is 1.69. The van der Waals surface area contributed by atoms with Crippen molar-refractivity contribution in [1.29, 1.82) is 0 Å². The molecule has 0 spiro atoms. The van der Waals surface area contributed by atoms with Gasteiger partial charge in [-0.15, -0.1) is 0 Å². The number of aliphatic carboxylic acids is 1. The molecule has 6 heteroatoms. The van der Waals surface area contributed by atoms with E-state index in [9.17, 15) is 9.59 Å². The van der Waals surface area contributed by atoms with Crippen molar-refractivity contribution in [1.82, 2.24) is 10.2 Å². The highest BCUT2D eigenvalue weighted by Crippen LogP contribution is 2.24. The van der Waals surface area contributed by atoms with Crippen LogP contribution in [0.5, 0.6) is 0 Å². The Morgan fingerprint density at radius 3 is 2.79 bits per heavy atom. The van der Waals surface area contributed by atoms with Crippen molar-refractivity contribution in [2.24, 2.45) is 5.92 Å². The van der Waals surface area contributed by atoms with E-state index in [0.717, 1.165) is 25.8 Å². The zero-order valence-corrected chi connectivity index (χ0v) is 11.3. The highest BCUT2D eigenvalue weighted by molar-refractivity contribution is 5.75. The van der Waals surface area contributed by atoms with E-state index in [2.05, 4.69) is 5.32 Å². The Bertz CT molecular complexity index is 342. The number of ether oxygens (including phenoxy) is 1. The van der Waals surface area contributed by atoms with E-state index in [0.29, 0.717) is 18.9 Å². The average Bonchev–Trinajstić information content (AvgIpc) is 2.79. The highest BCUT2D eigenvalue weighted by atomic mass is 16.5. The number of carboxylic acids is 1. The molecule has 0 radical (unpaired) electrons. The molecule has 2 amide bonds. The Kier molecular flexibility index (Phi) is 4.63. The third kappa shape index (κ3) is 3.83. The number of nitrogens with one attached hydrogen (secondary N) is 1. The second-order valence-corrected chi connectivity index (χ2v) is 5.51. The predicted octanol–water partition coefficient (Wildman–Crippen LogP) is 1.06. The van der Waals surface area contributed by atoms with Crippen molar-refractivity contribution >= 4 is 12.0 Å². The zero-order valence-electron chi connectivity index (χ0n) is 11.3. The van der Waals surface area contributed by atoms with Crippen molar-refractivity contribution in [3.8, 4) is 0 Å². The first-order valence-electron chi connectivity index (χ1n) is 6.88. The van der Waals surface area contributed by atoms with E-state index in [1.807, 2.05) is 0 Å². The summed E-state index contributed by atoms with van der Waals surface area (Å²) in [6.45, 7) is 1.41. The van der Waals surface area contributed by atoms with Crippen LogP contribution in [0.25, 0.3) is 0 Å². The molecule has 1 aliphatic heterocycles. The second kappa shape index (κ2) is 6.23. The van der Waals surface area contributed by atoms with Crippen molar-refractivity contribution in [2.45, 2.75) is 44.2 Å². The largest absolute Gasteiger partial charge is 0.481 e. The average molecular weight is 270 g/mol. The zero-order chi connectivity index (χ0) is 13.8. The SMILES string of the molecule is COC1CC(NC(=O)N2CCC(CCC(=O)O)C2)C1. The van der Waals surface area contributed by atoms with E-state index in [-0.39, 0.29) is 24.6 Å². The number of hydrogen-bond acceptors (Lipinski definition) is 3. The van der Waals surface area contributed by atoms with Gasteiger partial charge in [-0.25, -0.2) is 4.79 Å². The maximum atomic E-state index is 12.0. The van der Waals surface area contributed by atoms with E-state index in [1.165, 1.54) is 0 Å². The summed E-state index contributed by atoms with van der Waals surface area (Å²) in [6, 6.07) is 0.216. The van der Waals surface area contributed by atoms with Gasteiger partial charge in [0.2, 0.25) is 0 Å². The molecule has 1 saturated heterocycles. The molecule has 2 fully saturated rings. The molecule has 2 N–H and O–H groups in total. The summed E-state index contributed by atoms with van der Waals surface area (Å²) in [5, 5.41) is 11.6. The predicted molar refractivity (Wildman–Crippen MR) is 68.9 cm³/mol. The van der Waals surface area contributed by atoms with Gasteiger partial charge in [0, 0.05) is 32.7 Å². The molecule has 1 saturated carbocycles. The standard InChI is InChI=1S/C13H22N2O4/c1-19-11-6-10(7-11)14-13(18)15-5-4-9(8-15)2-3-12(16)17/h9-11H,2-8H2,1H3,(H,14,18)(H,16,17). The third-order valence-corrected chi connectivity index (χ3v) is 4.10. The first kappa shape index (κ1) is 14.1. The fourth-order valence-corrected chi connectivity index (χ4v) is 2.72. The fourth-order valence-electron chi connectivity index (χ4n) is 2.72. The molecular weight excluding hydrogens is 248 g/mol. The van der Waals surface area contributed by atoms with E-state index in [1.54, 1.807) is 12.0 Å². The number of urea groups is 1. The van der Waals surface area contributed by atoms with Crippen molar-refractivity contribution < 1.29 is 19.4 Å². The molecule has 108 valence electrons. The Balaban J connectivity index is 1.66. The Hall–Kier alpha value is -1.30. The van der Waals surface area contributed by atoms with Gasteiger partial charge in [0.15, 0.2) is 0 Å². The molecule has 2 aliphatic rings. The van der Waals surface area contributed by atoms with Crippen LogP contribution in [0.3, 0.4) is 0 Å². The van der Waals surface area contributed by atoms with Gasteiger partial charge in [0.25, 0.3) is 0 Å². The minimum atomic E-state index is -0.761. The molecule has 1 atom stereocenters. The van der Waals surface area contributed by atoms with Crippen LogP contribution in [0.1, 0.15) is 32.1 Å². The molecule has 2 rings (SSSR count). The third-order valence-electron chi connectivity index (χ3n) is 4.10. The maximum Gasteiger partial charge on any atom is 0.317 e. The Morgan fingerprint density at radius 1 is 1.42 bits per heavy atom. The number of carbonyl (C=O) groups excluding carboxylic acids is 1. The van der Waals surface area contributed by atoms with Crippen LogP contribution in [-0.2, 0) is 9.53 Å². The van der Waals surface area contributed by atoms with Crippen molar-refractivity contribution in [3.63, 3.8) is 0 Å². The summed E-state index contributed by atoms with van der Waals surface area (Å²) in [4.78, 5) is 24.3. The lowest BCUT2D eigenvalue weighted by atomic mass is 9.89. The van der Waals surface area contributed by atoms with Crippen LogP contribution in [0.2, 0.25) is 0 Å². The highest BCUT2D eigenvalue weighted by Gasteiger charge is 2.33. The number of methoxy groups -OCH3 is 1. The Labute approximate surface area is 113 Å². The number of rotatable bonds is 5. The minimum absolute atomic E-state index is 0.0163. The molecule has 0 aromatic carbocycles. The molecule has 1 heterocycles. The van der Waals surface area contributed by atoms with Gasteiger partial charge in [-0.3, -0.25) is 4.79 Å². The van der Waals surface area contributed by atoms with Gasteiger partial charge >= 0.3 is 12.0 Å². The fraction of sp³-hybridized carbons (Fsp3) is 0.846. The monoisotopic (exact) mass is 270 g/mol. The summed E-state index contributed by atoms with van der Waals surface area (Å²) in [5.41, 5.74) is 0.